The Balaban J connectivity index is 2.03. The van der Waals surface area contributed by atoms with Crippen LogP contribution in [0.5, 0.6) is 0 Å². The molecule has 1 aromatic rings. The van der Waals surface area contributed by atoms with Crippen LogP contribution >= 0.6 is 0 Å². The first-order chi connectivity index (χ1) is 6.29. The van der Waals surface area contributed by atoms with Gasteiger partial charge in [0, 0.05) is 13.7 Å². The molecule has 5 heteroatoms. The summed E-state index contributed by atoms with van der Waals surface area (Å²) in [5, 5.41) is 10.2. The molecule has 1 aliphatic heterocycles. The fraction of sp³-hybridized carbons (Fsp3) is 0.750. The summed E-state index contributed by atoms with van der Waals surface area (Å²) in [4.78, 5) is 4.28. The van der Waals surface area contributed by atoms with Crippen LogP contribution in [0, 0.1) is 6.92 Å². The van der Waals surface area contributed by atoms with Crippen molar-refractivity contribution in [1.29, 1.82) is 0 Å². The summed E-state index contributed by atoms with van der Waals surface area (Å²) in [7, 11) is 1.74. The van der Waals surface area contributed by atoms with Gasteiger partial charge in [-0.3, -0.25) is 5.10 Å². The molecule has 0 bridgehead atoms. The van der Waals surface area contributed by atoms with E-state index in [9.17, 15) is 0 Å². The third-order valence-electron chi connectivity index (χ3n) is 2.37. The quantitative estimate of drug-likeness (QED) is 0.684. The van der Waals surface area contributed by atoms with Gasteiger partial charge in [0.15, 0.2) is 0 Å². The summed E-state index contributed by atoms with van der Waals surface area (Å²) in [5.41, 5.74) is 0. The first kappa shape index (κ1) is 8.65. The van der Waals surface area contributed by atoms with Crippen molar-refractivity contribution < 1.29 is 4.74 Å². The summed E-state index contributed by atoms with van der Waals surface area (Å²) >= 11 is 0. The van der Waals surface area contributed by atoms with Gasteiger partial charge in [0.1, 0.15) is 11.6 Å². The zero-order valence-corrected chi connectivity index (χ0v) is 7.87. The molecule has 0 saturated carbocycles. The molecule has 2 rings (SSSR count). The number of hydrogen-bond donors (Lipinski definition) is 2. The van der Waals surface area contributed by atoms with Crippen molar-refractivity contribution >= 4 is 0 Å². The number of hydrogen-bond acceptors (Lipinski definition) is 4. The molecule has 2 atom stereocenters. The number of nitrogens with one attached hydrogen (secondary N) is 2. The number of aromatic nitrogens is 3. The number of aromatic amines is 1. The highest BCUT2D eigenvalue weighted by molar-refractivity contribution is 4.99. The van der Waals surface area contributed by atoms with Crippen LogP contribution in [0.1, 0.15) is 24.1 Å². The van der Waals surface area contributed by atoms with Gasteiger partial charge in [0.2, 0.25) is 0 Å². The summed E-state index contributed by atoms with van der Waals surface area (Å²) in [6, 6.07) is 0.270. The lowest BCUT2D eigenvalue weighted by Crippen LogP contribution is -2.16. The first-order valence-corrected chi connectivity index (χ1v) is 4.44. The van der Waals surface area contributed by atoms with Crippen LogP contribution in [0.15, 0.2) is 0 Å². The van der Waals surface area contributed by atoms with Crippen molar-refractivity contribution in [2.45, 2.75) is 25.5 Å². The van der Waals surface area contributed by atoms with Crippen molar-refractivity contribution in [1.82, 2.24) is 20.5 Å². The Morgan fingerprint density at radius 3 is 2.92 bits per heavy atom. The monoisotopic (exact) mass is 182 g/mol. The maximum Gasteiger partial charge on any atom is 0.147 e. The minimum atomic E-state index is 0.270. The predicted octanol–water partition coefficient (Wildman–Crippen LogP) is 0.163. The van der Waals surface area contributed by atoms with Crippen LogP contribution in [-0.4, -0.2) is 34.9 Å². The maximum absolute atomic E-state index is 5.25. The largest absolute Gasteiger partial charge is 0.380 e. The number of nitrogens with zero attached hydrogens (tertiary/aromatic N) is 2. The number of H-pyrrole nitrogens is 1. The van der Waals surface area contributed by atoms with Crippen molar-refractivity contribution in [3.8, 4) is 0 Å². The molecule has 2 N–H and O–H groups in total. The van der Waals surface area contributed by atoms with Gasteiger partial charge >= 0.3 is 0 Å². The molecular formula is C8H14N4O. The van der Waals surface area contributed by atoms with Gasteiger partial charge < -0.3 is 10.1 Å². The van der Waals surface area contributed by atoms with Crippen LogP contribution in [0.4, 0.5) is 0 Å². The van der Waals surface area contributed by atoms with E-state index < -0.39 is 0 Å². The first-order valence-electron chi connectivity index (χ1n) is 4.44. The molecule has 1 aliphatic rings. The second-order valence-corrected chi connectivity index (χ2v) is 3.32. The van der Waals surface area contributed by atoms with Crippen LogP contribution in [0.25, 0.3) is 0 Å². The van der Waals surface area contributed by atoms with Gasteiger partial charge in [-0.15, -0.1) is 0 Å². The summed E-state index contributed by atoms with van der Waals surface area (Å²) in [6.45, 7) is 2.77. The molecule has 72 valence electrons. The lowest BCUT2D eigenvalue weighted by molar-refractivity contribution is 0.117. The minimum absolute atomic E-state index is 0.270. The van der Waals surface area contributed by atoms with Crippen molar-refractivity contribution in [2.24, 2.45) is 0 Å². The molecule has 0 aliphatic carbocycles. The second-order valence-electron chi connectivity index (χ2n) is 3.32. The van der Waals surface area contributed by atoms with E-state index in [0.29, 0.717) is 6.10 Å². The van der Waals surface area contributed by atoms with Gasteiger partial charge in [-0.1, -0.05) is 0 Å². The zero-order chi connectivity index (χ0) is 9.26. The molecular weight excluding hydrogens is 168 g/mol. The molecule has 13 heavy (non-hydrogen) atoms. The Morgan fingerprint density at radius 2 is 2.38 bits per heavy atom. The van der Waals surface area contributed by atoms with Crippen LogP contribution in [-0.2, 0) is 4.74 Å². The topological polar surface area (TPSA) is 62.8 Å². The Bertz CT molecular complexity index is 285. The van der Waals surface area contributed by atoms with E-state index in [1.54, 1.807) is 7.11 Å². The molecule has 0 aromatic carbocycles. The van der Waals surface area contributed by atoms with E-state index in [0.717, 1.165) is 24.6 Å². The van der Waals surface area contributed by atoms with E-state index in [1.807, 2.05) is 6.92 Å². The third kappa shape index (κ3) is 1.71. The molecule has 0 spiro atoms. The zero-order valence-electron chi connectivity index (χ0n) is 7.87. The highest BCUT2D eigenvalue weighted by Crippen LogP contribution is 2.21. The highest BCUT2D eigenvalue weighted by atomic mass is 16.5. The van der Waals surface area contributed by atoms with Gasteiger partial charge in [-0.25, -0.2) is 4.98 Å². The average Bonchev–Trinajstić information content (AvgIpc) is 2.71. The number of ether oxygens (including phenoxy) is 1. The van der Waals surface area contributed by atoms with E-state index in [4.69, 9.17) is 4.74 Å². The van der Waals surface area contributed by atoms with E-state index in [2.05, 4.69) is 20.5 Å². The highest BCUT2D eigenvalue weighted by Gasteiger charge is 2.26. The number of methoxy groups -OCH3 is 1. The molecule has 0 unspecified atom stereocenters. The van der Waals surface area contributed by atoms with Crippen LogP contribution < -0.4 is 5.32 Å². The standard InChI is InChI=1S/C8H14N4O/c1-5-10-8(12-11-5)7-3-6(13-2)4-9-7/h6-7,9H,3-4H2,1-2H3,(H,10,11,12)/t6-,7+/m1/s1. The molecule has 1 saturated heterocycles. The Morgan fingerprint density at radius 1 is 1.54 bits per heavy atom. The summed E-state index contributed by atoms with van der Waals surface area (Å²) in [5.74, 6) is 1.70. The van der Waals surface area contributed by atoms with E-state index in [1.165, 1.54) is 0 Å². The van der Waals surface area contributed by atoms with Crippen molar-refractivity contribution in [3.63, 3.8) is 0 Å². The summed E-state index contributed by atoms with van der Waals surface area (Å²) in [6.07, 6.45) is 1.26. The van der Waals surface area contributed by atoms with E-state index in [-0.39, 0.29) is 6.04 Å². The number of rotatable bonds is 2. The molecule has 0 amide bonds. The lowest BCUT2D eigenvalue weighted by atomic mass is 10.2. The molecule has 1 aromatic heterocycles. The SMILES string of the molecule is CO[C@H]1CN[C@H](c2nc(C)n[nH]2)C1. The second kappa shape index (κ2) is 3.43. The average molecular weight is 182 g/mol. The predicted molar refractivity (Wildman–Crippen MR) is 47.3 cm³/mol. The fourth-order valence-electron chi connectivity index (χ4n) is 1.61. The van der Waals surface area contributed by atoms with Gasteiger partial charge in [-0.05, 0) is 13.3 Å². The fourth-order valence-corrected chi connectivity index (χ4v) is 1.61. The third-order valence-corrected chi connectivity index (χ3v) is 2.37. The Labute approximate surface area is 76.9 Å². The maximum atomic E-state index is 5.25. The number of aryl methyl sites for hydroxylation is 1. The van der Waals surface area contributed by atoms with E-state index >= 15 is 0 Å². The normalized spacial score (nSPS) is 28.2. The summed E-state index contributed by atoms with van der Waals surface area (Å²) < 4.78 is 5.25. The Hall–Kier alpha value is -0.940. The Kier molecular flexibility index (Phi) is 2.28. The molecule has 0 radical (unpaired) electrons. The van der Waals surface area contributed by atoms with Crippen molar-refractivity contribution in [2.75, 3.05) is 13.7 Å². The van der Waals surface area contributed by atoms with Gasteiger partial charge in [0.25, 0.3) is 0 Å². The van der Waals surface area contributed by atoms with Gasteiger partial charge in [-0.2, -0.15) is 5.10 Å². The molecule has 5 nitrogen and oxygen atoms in total. The molecule has 1 fully saturated rings. The van der Waals surface area contributed by atoms with Crippen LogP contribution in [0.2, 0.25) is 0 Å². The minimum Gasteiger partial charge on any atom is -0.380 e. The lowest BCUT2D eigenvalue weighted by Gasteiger charge is -2.05. The van der Waals surface area contributed by atoms with Crippen LogP contribution in [0.3, 0.4) is 0 Å². The van der Waals surface area contributed by atoms with Crippen molar-refractivity contribution in [3.05, 3.63) is 11.6 Å². The van der Waals surface area contributed by atoms with Gasteiger partial charge in [0.05, 0.1) is 12.1 Å². The molecule has 2 heterocycles. The smallest absolute Gasteiger partial charge is 0.147 e.